The molecule has 1 aromatic rings. The normalized spacial score (nSPS) is 21.3. The maximum Gasteiger partial charge on any atom is 0.275 e. The van der Waals surface area contributed by atoms with Crippen LogP contribution in [0, 0.1) is 0 Å². The van der Waals surface area contributed by atoms with Crippen LogP contribution in [0.3, 0.4) is 0 Å². The Morgan fingerprint density at radius 1 is 1.41 bits per heavy atom. The van der Waals surface area contributed by atoms with E-state index in [0.717, 1.165) is 44.9 Å². The molecule has 0 atom stereocenters. The number of hydrogen-bond acceptors (Lipinski definition) is 4. The third-order valence-corrected chi connectivity index (χ3v) is 3.60. The van der Waals surface area contributed by atoms with E-state index in [9.17, 15) is 4.79 Å². The van der Waals surface area contributed by atoms with Crippen molar-refractivity contribution >= 4 is 5.91 Å². The number of aromatic nitrogens is 1. The zero-order valence-electron chi connectivity index (χ0n) is 9.82. The van der Waals surface area contributed by atoms with Crippen LogP contribution in [0.2, 0.25) is 0 Å². The van der Waals surface area contributed by atoms with Crippen molar-refractivity contribution in [2.75, 3.05) is 26.2 Å². The molecule has 5 nitrogen and oxygen atoms in total. The highest BCUT2D eigenvalue weighted by Crippen LogP contribution is 2.35. The van der Waals surface area contributed by atoms with E-state index in [2.05, 4.69) is 10.3 Å². The number of piperazine rings is 1. The minimum Gasteiger partial charge on any atom is -0.448 e. The Hall–Kier alpha value is -1.36. The first kappa shape index (κ1) is 10.8. The highest BCUT2D eigenvalue weighted by atomic mass is 16.3. The molecule has 1 N–H and O–H groups in total. The monoisotopic (exact) mass is 235 g/mol. The number of amides is 1. The molecule has 0 bridgehead atoms. The van der Waals surface area contributed by atoms with Gasteiger partial charge in [-0.2, -0.15) is 0 Å². The van der Waals surface area contributed by atoms with Crippen molar-refractivity contribution in [3.8, 4) is 0 Å². The summed E-state index contributed by atoms with van der Waals surface area (Å²) in [5.41, 5.74) is 0.466. The highest BCUT2D eigenvalue weighted by molar-refractivity contribution is 5.92. The molecule has 0 spiro atoms. The smallest absolute Gasteiger partial charge is 0.275 e. The molecule has 1 saturated carbocycles. The van der Waals surface area contributed by atoms with E-state index < -0.39 is 0 Å². The summed E-state index contributed by atoms with van der Waals surface area (Å²) in [7, 11) is 0. The molecule has 2 aliphatic rings. The molecule has 1 saturated heterocycles. The molecule has 2 fully saturated rings. The van der Waals surface area contributed by atoms with Crippen molar-refractivity contribution in [3.05, 3.63) is 17.8 Å². The number of carbonyl (C=O) groups is 1. The second-order valence-corrected chi connectivity index (χ2v) is 4.74. The van der Waals surface area contributed by atoms with Crippen LogP contribution in [0.25, 0.3) is 0 Å². The second-order valence-electron chi connectivity index (χ2n) is 4.74. The van der Waals surface area contributed by atoms with Crippen LogP contribution in [-0.4, -0.2) is 42.0 Å². The van der Waals surface area contributed by atoms with Crippen molar-refractivity contribution in [1.29, 1.82) is 0 Å². The Morgan fingerprint density at radius 2 is 2.18 bits per heavy atom. The lowest BCUT2D eigenvalue weighted by Crippen LogP contribution is -2.46. The van der Waals surface area contributed by atoms with Gasteiger partial charge in [-0.3, -0.25) is 4.79 Å². The molecule has 0 aromatic carbocycles. The molecular formula is C12H17N3O2. The maximum atomic E-state index is 12.1. The molecule has 92 valence electrons. The predicted octanol–water partition coefficient (Wildman–Crippen LogP) is 0.987. The van der Waals surface area contributed by atoms with Gasteiger partial charge in [-0.15, -0.1) is 0 Å². The van der Waals surface area contributed by atoms with Crippen LogP contribution in [0.1, 0.15) is 41.6 Å². The fourth-order valence-corrected chi connectivity index (χ4v) is 2.26. The number of nitrogens with zero attached hydrogens (tertiary/aromatic N) is 2. The average Bonchev–Trinajstić information content (AvgIpc) is 2.76. The number of rotatable bonds is 2. The Balaban J connectivity index is 1.69. The van der Waals surface area contributed by atoms with Gasteiger partial charge in [0.25, 0.3) is 5.91 Å². The first-order valence-electron chi connectivity index (χ1n) is 6.30. The average molecular weight is 235 g/mol. The van der Waals surface area contributed by atoms with Gasteiger partial charge in [-0.05, 0) is 12.8 Å². The Morgan fingerprint density at radius 3 is 2.82 bits per heavy atom. The number of carbonyl (C=O) groups excluding carboxylic acids is 1. The minimum absolute atomic E-state index is 0.000762. The fraction of sp³-hybridized carbons (Fsp3) is 0.667. The highest BCUT2D eigenvalue weighted by Gasteiger charge is 2.27. The first-order chi connectivity index (χ1) is 8.34. The van der Waals surface area contributed by atoms with Crippen molar-refractivity contribution < 1.29 is 9.21 Å². The summed E-state index contributed by atoms with van der Waals surface area (Å²) in [5, 5.41) is 3.23. The third kappa shape index (κ3) is 2.07. The van der Waals surface area contributed by atoms with Crippen LogP contribution in [0.15, 0.2) is 10.7 Å². The standard InChI is InChI=1S/C12H17N3O2/c16-12(15-6-4-13-5-7-15)10-8-17-11(14-10)9-2-1-3-9/h8-9,13H,1-7H2. The van der Waals surface area contributed by atoms with Gasteiger partial charge in [-0.25, -0.2) is 4.98 Å². The molecule has 1 aliphatic heterocycles. The Bertz CT molecular complexity index is 406. The molecule has 3 rings (SSSR count). The van der Waals surface area contributed by atoms with Gasteiger partial charge >= 0.3 is 0 Å². The SMILES string of the molecule is O=C(c1coc(C2CCC2)n1)N1CCNCC1. The molecule has 1 aromatic heterocycles. The van der Waals surface area contributed by atoms with Crippen LogP contribution in [-0.2, 0) is 0 Å². The van der Waals surface area contributed by atoms with Gasteiger partial charge in [0.1, 0.15) is 6.26 Å². The lowest BCUT2D eigenvalue weighted by atomic mass is 9.85. The van der Waals surface area contributed by atoms with Crippen LogP contribution >= 0.6 is 0 Å². The lowest BCUT2D eigenvalue weighted by Gasteiger charge is -2.26. The van der Waals surface area contributed by atoms with E-state index >= 15 is 0 Å². The molecule has 0 unspecified atom stereocenters. The summed E-state index contributed by atoms with van der Waals surface area (Å²) in [5.74, 6) is 1.19. The largest absolute Gasteiger partial charge is 0.448 e. The predicted molar refractivity (Wildman–Crippen MR) is 61.9 cm³/mol. The molecule has 0 radical (unpaired) electrons. The molecule has 1 aliphatic carbocycles. The van der Waals surface area contributed by atoms with Gasteiger partial charge in [-0.1, -0.05) is 6.42 Å². The summed E-state index contributed by atoms with van der Waals surface area (Å²) in [6.45, 7) is 3.23. The first-order valence-corrected chi connectivity index (χ1v) is 6.30. The van der Waals surface area contributed by atoms with Gasteiger partial charge in [0.2, 0.25) is 0 Å². The molecule has 1 amide bonds. The summed E-state index contributed by atoms with van der Waals surface area (Å²) < 4.78 is 5.41. The van der Waals surface area contributed by atoms with Crippen molar-refractivity contribution in [2.24, 2.45) is 0 Å². The number of hydrogen-bond donors (Lipinski definition) is 1. The summed E-state index contributed by atoms with van der Waals surface area (Å²) in [6, 6.07) is 0. The van der Waals surface area contributed by atoms with Gasteiger partial charge in [0.05, 0.1) is 0 Å². The zero-order valence-corrected chi connectivity index (χ0v) is 9.82. The lowest BCUT2D eigenvalue weighted by molar-refractivity contribution is 0.0729. The Labute approximate surface area is 100 Å². The van der Waals surface area contributed by atoms with E-state index in [1.807, 2.05) is 4.90 Å². The third-order valence-electron chi connectivity index (χ3n) is 3.60. The zero-order chi connectivity index (χ0) is 11.7. The van der Waals surface area contributed by atoms with Gasteiger partial charge < -0.3 is 14.6 Å². The van der Waals surface area contributed by atoms with Crippen LogP contribution in [0.5, 0.6) is 0 Å². The minimum atomic E-state index is 0.000762. The summed E-state index contributed by atoms with van der Waals surface area (Å²) >= 11 is 0. The van der Waals surface area contributed by atoms with Crippen molar-refractivity contribution in [3.63, 3.8) is 0 Å². The van der Waals surface area contributed by atoms with E-state index in [-0.39, 0.29) is 5.91 Å². The van der Waals surface area contributed by atoms with E-state index in [1.54, 1.807) is 0 Å². The van der Waals surface area contributed by atoms with Gasteiger partial charge in [0, 0.05) is 32.1 Å². The van der Waals surface area contributed by atoms with E-state index in [1.165, 1.54) is 12.7 Å². The van der Waals surface area contributed by atoms with Crippen LogP contribution in [0.4, 0.5) is 0 Å². The quantitative estimate of drug-likeness (QED) is 0.830. The number of nitrogens with one attached hydrogen (secondary N) is 1. The fourth-order valence-electron chi connectivity index (χ4n) is 2.26. The molecule has 5 heteroatoms. The van der Waals surface area contributed by atoms with Crippen molar-refractivity contribution in [1.82, 2.24) is 15.2 Å². The molecule has 17 heavy (non-hydrogen) atoms. The van der Waals surface area contributed by atoms with E-state index in [0.29, 0.717) is 11.6 Å². The van der Waals surface area contributed by atoms with Crippen LogP contribution < -0.4 is 5.32 Å². The maximum absolute atomic E-state index is 12.1. The second kappa shape index (κ2) is 4.49. The summed E-state index contributed by atoms with van der Waals surface area (Å²) in [4.78, 5) is 18.3. The van der Waals surface area contributed by atoms with Gasteiger partial charge in [0.15, 0.2) is 11.6 Å². The summed E-state index contributed by atoms with van der Waals surface area (Å²) in [6.07, 6.45) is 5.04. The Kier molecular flexibility index (Phi) is 2.84. The topological polar surface area (TPSA) is 58.4 Å². The van der Waals surface area contributed by atoms with Crippen molar-refractivity contribution in [2.45, 2.75) is 25.2 Å². The number of oxazole rings is 1. The molecule has 2 heterocycles. The van der Waals surface area contributed by atoms with E-state index in [4.69, 9.17) is 4.42 Å². The molecular weight excluding hydrogens is 218 g/mol.